The lowest BCUT2D eigenvalue weighted by atomic mass is 10.0. The fourth-order valence-electron chi connectivity index (χ4n) is 2.24. The van der Waals surface area contributed by atoms with Gasteiger partial charge in [0.1, 0.15) is 5.82 Å². The Morgan fingerprint density at radius 1 is 1.40 bits per heavy atom. The van der Waals surface area contributed by atoms with E-state index >= 15 is 0 Å². The lowest BCUT2D eigenvalue weighted by Crippen LogP contribution is -2.23. The van der Waals surface area contributed by atoms with Gasteiger partial charge in [-0.2, -0.15) is 5.10 Å². The molecule has 1 unspecified atom stereocenters. The molecule has 20 heavy (non-hydrogen) atoms. The van der Waals surface area contributed by atoms with Crippen molar-refractivity contribution in [2.75, 3.05) is 6.54 Å². The Morgan fingerprint density at radius 2 is 2.20 bits per heavy atom. The number of hydrogen-bond acceptors (Lipinski definition) is 2. The number of hydrogen-bond donors (Lipinski definition) is 1. The Hall–Kier alpha value is -1.39. The van der Waals surface area contributed by atoms with E-state index in [-0.39, 0.29) is 11.9 Å². The molecule has 1 aromatic carbocycles. The van der Waals surface area contributed by atoms with Crippen molar-refractivity contribution in [3.05, 3.63) is 52.6 Å². The average molecular weight is 296 g/mol. The van der Waals surface area contributed by atoms with Gasteiger partial charge in [0.25, 0.3) is 0 Å². The summed E-state index contributed by atoms with van der Waals surface area (Å²) in [5, 5.41) is 8.12. The van der Waals surface area contributed by atoms with Crippen molar-refractivity contribution in [2.45, 2.75) is 32.9 Å². The van der Waals surface area contributed by atoms with Gasteiger partial charge in [0.2, 0.25) is 0 Å². The zero-order chi connectivity index (χ0) is 14.5. The van der Waals surface area contributed by atoms with Gasteiger partial charge in [0.05, 0.1) is 6.20 Å². The number of aryl methyl sites for hydroxylation is 1. The van der Waals surface area contributed by atoms with Crippen LogP contribution < -0.4 is 5.32 Å². The molecule has 0 amide bonds. The maximum atomic E-state index is 13.2. The topological polar surface area (TPSA) is 29.9 Å². The summed E-state index contributed by atoms with van der Waals surface area (Å²) < 4.78 is 15.0. The minimum absolute atomic E-state index is 0.0580. The van der Waals surface area contributed by atoms with E-state index in [1.165, 1.54) is 12.1 Å². The first kappa shape index (κ1) is 15.0. The summed E-state index contributed by atoms with van der Waals surface area (Å²) in [5.74, 6) is -0.312. The van der Waals surface area contributed by atoms with Gasteiger partial charge < -0.3 is 5.32 Å². The predicted octanol–water partition coefficient (Wildman–Crippen LogP) is 3.59. The molecule has 5 heteroatoms. The molecule has 108 valence electrons. The van der Waals surface area contributed by atoms with Crippen LogP contribution in [0.3, 0.4) is 0 Å². The summed E-state index contributed by atoms with van der Waals surface area (Å²) in [4.78, 5) is 0. The summed E-state index contributed by atoms with van der Waals surface area (Å²) in [7, 11) is 0. The van der Waals surface area contributed by atoms with E-state index in [0.717, 1.165) is 30.6 Å². The maximum Gasteiger partial charge on any atom is 0.124 e. The van der Waals surface area contributed by atoms with E-state index in [4.69, 9.17) is 11.6 Å². The molecular weight excluding hydrogens is 277 g/mol. The van der Waals surface area contributed by atoms with Crippen LogP contribution in [0.25, 0.3) is 0 Å². The third-order valence-electron chi connectivity index (χ3n) is 3.24. The van der Waals surface area contributed by atoms with Gasteiger partial charge in [-0.3, -0.25) is 4.68 Å². The highest BCUT2D eigenvalue weighted by atomic mass is 35.5. The summed E-state index contributed by atoms with van der Waals surface area (Å²) in [5.41, 5.74) is 2.05. The standard InChI is InChI=1S/C15H19ClFN3/c1-3-18-15(7-11-9-19-20(4-2)10-11)13-6-5-12(17)8-14(13)16/h5-6,8-10,15,18H,3-4,7H2,1-2H3. The SMILES string of the molecule is CCNC(Cc1cnn(CC)c1)c1ccc(F)cc1Cl. The molecule has 0 fully saturated rings. The molecule has 0 aliphatic carbocycles. The number of halogens is 2. The molecule has 0 radical (unpaired) electrons. The molecule has 0 saturated carbocycles. The fourth-order valence-corrected chi connectivity index (χ4v) is 2.54. The number of nitrogens with one attached hydrogen (secondary N) is 1. The Kier molecular flexibility index (Phi) is 5.15. The van der Waals surface area contributed by atoms with E-state index in [1.54, 1.807) is 6.07 Å². The molecule has 0 bridgehead atoms. The molecule has 0 saturated heterocycles. The van der Waals surface area contributed by atoms with Crippen molar-refractivity contribution in [2.24, 2.45) is 0 Å². The zero-order valence-corrected chi connectivity index (χ0v) is 12.5. The van der Waals surface area contributed by atoms with Gasteiger partial charge in [-0.1, -0.05) is 24.6 Å². The van der Waals surface area contributed by atoms with E-state index in [1.807, 2.05) is 24.0 Å². The normalized spacial score (nSPS) is 12.6. The van der Waals surface area contributed by atoms with Crippen molar-refractivity contribution in [1.29, 1.82) is 0 Å². The van der Waals surface area contributed by atoms with Crippen LogP contribution in [0, 0.1) is 5.82 Å². The number of nitrogens with zero attached hydrogens (tertiary/aromatic N) is 2. The second-order valence-electron chi connectivity index (χ2n) is 4.68. The fraction of sp³-hybridized carbons (Fsp3) is 0.400. The summed E-state index contributed by atoms with van der Waals surface area (Å²) in [6.07, 6.45) is 4.67. The van der Waals surface area contributed by atoms with Gasteiger partial charge >= 0.3 is 0 Å². The van der Waals surface area contributed by atoms with Crippen LogP contribution >= 0.6 is 11.6 Å². The Labute approximate surface area is 123 Å². The second-order valence-corrected chi connectivity index (χ2v) is 5.09. The zero-order valence-electron chi connectivity index (χ0n) is 11.7. The monoisotopic (exact) mass is 295 g/mol. The first-order chi connectivity index (χ1) is 9.63. The van der Waals surface area contributed by atoms with E-state index < -0.39 is 0 Å². The molecule has 0 aliphatic heterocycles. The number of benzene rings is 1. The minimum atomic E-state index is -0.312. The Bertz CT molecular complexity index is 568. The van der Waals surface area contributed by atoms with Crippen LogP contribution in [0.15, 0.2) is 30.6 Å². The molecule has 1 atom stereocenters. The summed E-state index contributed by atoms with van der Waals surface area (Å²) in [6, 6.07) is 4.61. The van der Waals surface area contributed by atoms with Crippen molar-refractivity contribution in [3.8, 4) is 0 Å². The Balaban J connectivity index is 2.21. The van der Waals surface area contributed by atoms with Crippen molar-refractivity contribution >= 4 is 11.6 Å². The van der Waals surface area contributed by atoms with E-state index in [2.05, 4.69) is 17.3 Å². The third kappa shape index (κ3) is 3.58. The largest absolute Gasteiger partial charge is 0.310 e. The van der Waals surface area contributed by atoms with Crippen LogP contribution in [0.1, 0.15) is 31.0 Å². The van der Waals surface area contributed by atoms with Gasteiger partial charge in [-0.15, -0.1) is 0 Å². The van der Waals surface area contributed by atoms with E-state index in [0.29, 0.717) is 5.02 Å². The molecule has 1 N–H and O–H groups in total. The molecule has 3 nitrogen and oxygen atoms in total. The number of likely N-dealkylation sites (N-methyl/N-ethyl adjacent to an activating group) is 1. The highest BCUT2D eigenvalue weighted by Crippen LogP contribution is 2.26. The minimum Gasteiger partial charge on any atom is -0.310 e. The van der Waals surface area contributed by atoms with Crippen molar-refractivity contribution in [1.82, 2.24) is 15.1 Å². The highest BCUT2D eigenvalue weighted by Gasteiger charge is 2.16. The van der Waals surface area contributed by atoms with E-state index in [9.17, 15) is 4.39 Å². The number of aromatic nitrogens is 2. The van der Waals surface area contributed by atoms with Crippen LogP contribution in [0.2, 0.25) is 5.02 Å². The van der Waals surface area contributed by atoms with Gasteiger partial charge in [0.15, 0.2) is 0 Å². The number of rotatable bonds is 6. The molecule has 0 aliphatic rings. The lowest BCUT2D eigenvalue weighted by molar-refractivity contribution is 0.547. The first-order valence-corrected chi connectivity index (χ1v) is 7.21. The predicted molar refractivity (Wildman–Crippen MR) is 79.4 cm³/mol. The molecule has 1 heterocycles. The van der Waals surface area contributed by atoms with Crippen LogP contribution in [-0.2, 0) is 13.0 Å². The molecular formula is C15H19ClFN3. The second kappa shape index (κ2) is 6.86. The lowest BCUT2D eigenvalue weighted by Gasteiger charge is -2.19. The summed E-state index contributed by atoms with van der Waals surface area (Å²) >= 11 is 6.16. The van der Waals surface area contributed by atoms with Gasteiger partial charge in [-0.25, -0.2) is 4.39 Å². The highest BCUT2D eigenvalue weighted by molar-refractivity contribution is 6.31. The van der Waals surface area contributed by atoms with Gasteiger partial charge in [-0.05, 0) is 43.1 Å². The molecule has 1 aromatic heterocycles. The third-order valence-corrected chi connectivity index (χ3v) is 3.57. The van der Waals surface area contributed by atoms with Gasteiger partial charge in [0, 0.05) is 23.8 Å². The summed E-state index contributed by atoms with van der Waals surface area (Å²) in [6.45, 7) is 5.76. The maximum absolute atomic E-state index is 13.2. The Morgan fingerprint density at radius 3 is 2.80 bits per heavy atom. The quantitative estimate of drug-likeness (QED) is 0.882. The van der Waals surface area contributed by atoms with Crippen LogP contribution in [0.5, 0.6) is 0 Å². The average Bonchev–Trinajstić information content (AvgIpc) is 2.86. The smallest absolute Gasteiger partial charge is 0.124 e. The van der Waals surface area contributed by atoms with Crippen molar-refractivity contribution < 1.29 is 4.39 Å². The van der Waals surface area contributed by atoms with Crippen LogP contribution in [-0.4, -0.2) is 16.3 Å². The first-order valence-electron chi connectivity index (χ1n) is 6.83. The molecule has 2 rings (SSSR count). The molecule has 2 aromatic rings. The van der Waals surface area contributed by atoms with Crippen LogP contribution in [0.4, 0.5) is 4.39 Å². The van der Waals surface area contributed by atoms with Crippen molar-refractivity contribution in [3.63, 3.8) is 0 Å². The molecule has 0 spiro atoms.